The summed E-state index contributed by atoms with van der Waals surface area (Å²) in [7, 11) is 4.30. The molecule has 0 aliphatic carbocycles. The number of nitrogens with one attached hydrogen (secondary N) is 1. The summed E-state index contributed by atoms with van der Waals surface area (Å²) in [6.45, 7) is 4.20. The van der Waals surface area contributed by atoms with Crippen molar-refractivity contribution in [1.29, 1.82) is 0 Å². The maximum Gasteiger partial charge on any atom is 0.303 e. The van der Waals surface area contributed by atoms with Gasteiger partial charge in [0.2, 0.25) is 12.2 Å². The lowest BCUT2D eigenvalue weighted by Gasteiger charge is -2.44. The molecule has 1 amide bonds. The van der Waals surface area contributed by atoms with E-state index >= 15 is 0 Å². The largest absolute Gasteiger partial charge is 0.497 e. The minimum absolute atomic E-state index is 0.0269. The average molecular weight is 644 g/mol. The Labute approximate surface area is 265 Å². The molecule has 3 rings (SSSR count). The van der Waals surface area contributed by atoms with Crippen LogP contribution < -0.4 is 24.3 Å². The topological polar surface area (TPSA) is 171 Å². The molecule has 46 heavy (non-hydrogen) atoms. The van der Waals surface area contributed by atoms with E-state index < -0.39 is 66.8 Å². The third kappa shape index (κ3) is 9.44. The SMILES string of the molecule is COc1ccc(C=CC(=O)c2c(OC)cc(OC)cc2O[C@@H]2O[C@H](COC(C)=O)[C@@H](OC(C)=O)[C@H](OC(C)=O)[C@@H]2NC(C)=O)cc1. The van der Waals surface area contributed by atoms with Gasteiger partial charge in [-0.2, -0.15) is 0 Å². The van der Waals surface area contributed by atoms with Crippen molar-refractivity contribution in [1.82, 2.24) is 5.32 Å². The molecule has 0 saturated carbocycles. The van der Waals surface area contributed by atoms with Crippen molar-refractivity contribution in [3.63, 3.8) is 0 Å². The van der Waals surface area contributed by atoms with E-state index in [2.05, 4.69) is 5.32 Å². The molecule has 0 bridgehead atoms. The molecular formula is C32H37NO13. The Hall–Kier alpha value is -5.11. The number of hydrogen-bond acceptors (Lipinski definition) is 13. The van der Waals surface area contributed by atoms with Gasteiger partial charge in [-0.1, -0.05) is 18.2 Å². The summed E-state index contributed by atoms with van der Waals surface area (Å²) < 4.78 is 44.5. The van der Waals surface area contributed by atoms with Crippen molar-refractivity contribution in [2.45, 2.75) is 58.3 Å². The third-order valence-corrected chi connectivity index (χ3v) is 6.60. The van der Waals surface area contributed by atoms with Crippen molar-refractivity contribution in [2.24, 2.45) is 0 Å². The predicted molar refractivity (Wildman–Crippen MR) is 161 cm³/mol. The summed E-state index contributed by atoms with van der Waals surface area (Å²) in [4.78, 5) is 62.0. The first-order chi connectivity index (χ1) is 21.9. The van der Waals surface area contributed by atoms with Gasteiger partial charge in [-0.25, -0.2) is 0 Å². The van der Waals surface area contributed by atoms with E-state index in [0.717, 1.165) is 13.8 Å². The van der Waals surface area contributed by atoms with Crippen LogP contribution in [-0.4, -0.2) is 88.2 Å². The van der Waals surface area contributed by atoms with Crippen LogP contribution in [0.3, 0.4) is 0 Å². The number of allylic oxidation sites excluding steroid dienone is 1. The van der Waals surface area contributed by atoms with Gasteiger partial charge >= 0.3 is 17.9 Å². The van der Waals surface area contributed by atoms with Crippen LogP contribution in [0.5, 0.6) is 23.0 Å². The molecule has 1 aliphatic heterocycles. The second-order valence-electron chi connectivity index (χ2n) is 10.0. The lowest BCUT2D eigenvalue weighted by Crippen LogP contribution is -2.67. The van der Waals surface area contributed by atoms with Crippen LogP contribution in [0.25, 0.3) is 6.08 Å². The van der Waals surface area contributed by atoms with Crippen LogP contribution in [0.15, 0.2) is 42.5 Å². The summed E-state index contributed by atoms with van der Waals surface area (Å²) in [5.74, 6) is -2.38. The van der Waals surface area contributed by atoms with Crippen LogP contribution in [-0.2, 0) is 38.1 Å². The summed E-state index contributed by atoms with van der Waals surface area (Å²) in [5.41, 5.74) is 0.681. The second kappa shape index (κ2) is 16.3. The fourth-order valence-corrected chi connectivity index (χ4v) is 4.67. The number of ketones is 1. The van der Waals surface area contributed by atoms with Crippen LogP contribution in [0, 0.1) is 0 Å². The first kappa shape index (κ1) is 35.4. The van der Waals surface area contributed by atoms with E-state index in [4.69, 9.17) is 37.9 Å². The standard InChI is InChI=1S/C32H37NO13/c1-17(34)33-29-31(44-20(4)37)30(43-19(3)36)27(16-42-18(2)35)46-32(29)45-26-15-23(40-6)14-25(41-7)28(26)24(38)13-10-21-8-11-22(39-5)12-9-21/h8-15,27,29-32H,16H2,1-7H3,(H,33,34)/t27-,29+,30-,31-,32-/m1/s1. The molecule has 1 heterocycles. The van der Waals surface area contributed by atoms with Crippen LogP contribution in [0.4, 0.5) is 0 Å². The molecule has 0 unspecified atom stereocenters. The fraction of sp³-hybridized carbons (Fsp3) is 0.406. The van der Waals surface area contributed by atoms with E-state index in [1.165, 1.54) is 46.3 Å². The fourth-order valence-electron chi connectivity index (χ4n) is 4.67. The number of hydrogen-bond donors (Lipinski definition) is 1. The van der Waals surface area contributed by atoms with Gasteiger partial charge in [-0.15, -0.1) is 0 Å². The number of ether oxygens (including phenoxy) is 8. The van der Waals surface area contributed by atoms with Gasteiger partial charge in [0.1, 0.15) is 47.3 Å². The van der Waals surface area contributed by atoms with Crippen molar-refractivity contribution in [3.8, 4) is 23.0 Å². The Kier molecular flexibility index (Phi) is 12.5. The molecule has 1 saturated heterocycles. The number of carbonyl (C=O) groups is 5. The Morgan fingerprint density at radius 2 is 1.39 bits per heavy atom. The highest BCUT2D eigenvalue weighted by Crippen LogP contribution is 2.37. The van der Waals surface area contributed by atoms with Crippen molar-refractivity contribution in [3.05, 3.63) is 53.6 Å². The zero-order valence-corrected chi connectivity index (χ0v) is 26.5. The molecule has 0 spiro atoms. The highest BCUT2D eigenvalue weighted by atomic mass is 16.7. The molecule has 248 valence electrons. The molecule has 1 fully saturated rings. The highest BCUT2D eigenvalue weighted by Gasteiger charge is 2.52. The van der Waals surface area contributed by atoms with Crippen LogP contribution in [0.2, 0.25) is 0 Å². The number of methoxy groups -OCH3 is 3. The molecule has 14 heteroatoms. The van der Waals surface area contributed by atoms with Crippen molar-refractivity contribution in [2.75, 3.05) is 27.9 Å². The first-order valence-electron chi connectivity index (χ1n) is 14.1. The maximum atomic E-state index is 13.7. The molecular weight excluding hydrogens is 606 g/mol. The molecule has 0 radical (unpaired) electrons. The predicted octanol–water partition coefficient (Wildman–Crippen LogP) is 2.64. The Bertz CT molecular complexity index is 1450. The number of rotatable bonds is 13. The quantitative estimate of drug-likeness (QED) is 0.146. The number of amides is 1. The van der Waals surface area contributed by atoms with E-state index in [9.17, 15) is 24.0 Å². The lowest BCUT2D eigenvalue weighted by molar-refractivity contribution is -0.257. The van der Waals surface area contributed by atoms with Gasteiger partial charge in [0, 0.05) is 39.8 Å². The molecule has 14 nitrogen and oxygen atoms in total. The second-order valence-corrected chi connectivity index (χ2v) is 10.0. The van der Waals surface area contributed by atoms with E-state index in [1.807, 2.05) is 0 Å². The summed E-state index contributed by atoms with van der Waals surface area (Å²) in [6, 6.07) is 8.61. The minimum atomic E-state index is -1.49. The van der Waals surface area contributed by atoms with Gasteiger partial charge in [0.15, 0.2) is 18.0 Å². The lowest BCUT2D eigenvalue weighted by atomic mass is 9.96. The molecule has 2 aromatic carbocycles. The average Bonchev–Trinajstić information content (AvgIpc) is 3.00. The minimum Gasteiger partial charge on any atom is -0.497 e. The first-order valence-corrected chi connectivity index (χ1v) is 14.1. The van der Waals surface area contributed by atoms with Crippen LogP contribution >= 0.6 is 0 Å². The van der Waals surface area contributed by atoms with Crippen LogP contribution in [0.1, 0.15) is 43.6 Å². The number of esters is 3. The molecule has 5 atom stereocenters. The maximum absolute atomic E-state index is 13.7. The molecule has 1 N–H and O–H groups in total. The normalized spacial score (nSPS) is 20.6. The summed E-state index contributed by atoms with van der Waals surface area (Å²) in [6.07, 6.45) is -2.52. The monoisotopic (exact) mass is 643 g/mol. The van der Waals surface area contributed by atoms with Crippen molar-refractivity contribution < 1.29 is 61.9 Å². The Morgan fingerprint density at radius 3 is 1.93 bits per heavy atom. The number of benzene rings is 2. The molecule has 1 aliphatic rings. The van der Waals surface area contributed by atoms with Gasteiger partial charge in [-0.3, -0.25) is 24.0 Å². The Morgan fingerprint density at radius 1 is 0.783 bits per heavy atom. The van der Waals surface area contributed by atoms with Crippen molar-refractivity contribution >= 4 is 35.7 Å². The zero-order valence-electron chi connectivity index (χ0n) is 26.5. The van der Waals surface area contributed by atoms with E-state index in [1.54, 1.807) is 37.5 Å². The van der Waals surface area contributed by atoms with Gasteiger partial charge in [-0.05, 0) is 23.8 Å². The van der Waals surface area contributed by atoms with Gasteiger partial charge < -0.3 is 43.2 Å². The molecule has 2 aromatic rings. The van der Waals surface area contributed by atoms with Gasteiger partial charge in [0.25, 0.3) is 0 Å². The highest BCUT2D eigenvalue weighted by molar-refractivity contribution is 6.10. The van der Waals surface area contributed by atoms with E-state index in [0.29, 0.717) is 11.3 Å². The zero-order chi connectivity index (χ0) is 34.0. The third-order valence-electron chi connectivity index (χ3n) is 6.60. The molecule has 0 aromatic heterocycles. The smallest absolute Gasteiger partial charge is 0.303 e. The van der Waals surface area contributed by atoms with Gasteiger partial charge in [0.05, 0.1) is 21.3 Å². The van der Waals surface area contributed by atoms with E-state index in [-0.39, 0.29) is 22.8 Å². The summed E-state index contributed by atoms with van der Waals surface area (Å²) in [5, 5.41) is 2.62. The summed E-state index contributed by atoms with van der Waals surface area (Å²) >= 11 is 0. The Balaban J connectivity index is 2.12. The number of carbonyl (C=O) groups excluding carboxylic acids is 5.